The van der Waals surface area contributed by atoms with Crippen molar-refractivity contribution < 1.29 is 14.1 Å². The normalized spacial score (nSPS) is 11.0. The molecule has 0 aliphatic carbocycles. The Hall–Kier alpha value is -2.92. The molecule has 128 valence electrons. The van der Waals surface area contributed by atoms with Crippen molar-refractivity contribution in [3.05, 3.63) is 70.6 Å². The fourth-order valence-corrected chi connectivity index (χ4v) is 2.68. The zero-order valence-corrected chi connectivity index (χ0v) is 14.3. The molecule has 5 heteroatoms. The van der Waals surface area contributed by atoms with Crippen molar-refractivity contribution in [2.24, 2.45) is 0 Å². The zero-order chi connectivity index (χ0) is 17.8. The minimum absolute atomic E-state index is 0.173. The number of nitrogens with one attached hydrogen (secondary N) is 2. The summed E-state index contributed by atoms with van der Waals surface area (Å²) in [5.41, 5.74) is 0.703. The summed E-state index contributed by atoms with van der Waals surface area (Å²) in [6.45, 7) is 1.41. The zero-order valence-electron chi connectivity index (χ0n) is 14.3. The monoisotopic (exact) mass is 337 g/mol. The van der Waals surface area contributed by atoms with Crippen LogP contribution in [0, 0.1) is 0 Å². The van der Waals surface area contributed by atoms with Gasteiger partial charge < -0.3 is 14.6 Å². The van der Waals surface area contributed by atoms with Gasteiger partial charge in [0.1, 0.15) is 5.76 Å². The van der Waals surface area contributed by atoms with Gasteiger partial charge in [-0.2, -0.15) is 0 Å². The fraction of sp³-hybridized carbons (Fsp3) is 0.200. The number of rotatable bonds is 5. The van der Waals surface area contributed by atoms with E-state index >= 15 is 0 Å². The number of fused-ring (bicyclic) bond motifs is 1. The molecule has 0 aliphatic heterocycles. The topological polar surface area (TPSA) is 63.8 Å². The molecule has 2 aromatic carbocycles. The van der Waals surface area contributed by atoms with Gasteiger partial charge in [0.2, 0.25) is 0 Å². The number of carbonyl (C=O) groups is 1. The van der Waals surface area contributed by atoms with E-state index in [0.29, 0.717) is 28.8 Å². The van der Waals surface area contributed by atoms with Crippen LogP contribution in [-0.2, 0) is 0 Å². The van der Waals surface area contributed by atoms with Crippen molar-refractivity contribution >= 4 is 16.7 Å². The van der Waals surface area contributed by atoms with E-state index in [1.54, 1.807) is 36.4 Å². The Balaban J connectivity index is 1.98. The highest BCUT2D eigenvalue weighted by atomic mass is 16.4. The van der Waals surface area contributed by atoms with Gasteiger partial charge in [0, 0.05) is 5.56 Å². The molecule has 2 N–H and O–H groups in total. The molecule has 5 nitrogen and oxygen atoms in total. The lowest BCUT2D eigenvalue weighted by Crippen LogP contribution is -3.06. The summed E-state index contributed by atoms with van der Waals surface area (Å²) in [7, 11) is 4.06. The number of hydrogen-bond donors (Lipinski definition) is 2. The maximum atomic E-state index is 12.5. The van der Waals surface area contributed by atoms with E-state index in [-0.39, 0.29) is 5.91 Å². The molecular formula is C20H21N2O3+. The van der Waals surface area contributed by atoms with Gasteiger partial charge in [0.25, 0.3) is 5.91 Å². The second-order valence-electron chi connectivity index (χ2n) is 6.24. The van der Waals surface area contributed by atoms with Crippen LogP contribution in [-0.4, -0.2) is 33.1 Å². The maximum Gasteiger partial charge on any atom is 0.344 e. The van der Waals surface area contributed by atoms with E-state index < -0.39 is 5.63 Å². The highest BCUT2D eigenvalue weighted by Crippen LogP contribution is 2.25. The molecule has 1 heterocycles. The number of likely N-dealkylation sites (N-methyl/N-ethyl adjacent to an activating group) is 1. The highest BCUT2D eigenvalue weighted by Gasteiger charge is 2.15. The van der Waals surface area contributed by atoms with Crippen LogP contribution in [0.15, 0.2) is 63.8 Å². The first kappa shape index (κ1) is 16.9. The van der Waals surface area contributed by atoms with Crippen molar-refractivity contribution in [3.8, 4) is 11.3 Å². The maximum absolute atomic E-state index is 12.5. The lowest BCUT2D eigenvalue weighted by Gasteiger charge is -2.11. The summed E-state index contributed by atoms with van der Waals surface area (Å²) in [4.78, 5) is 26.0. The fourth-order valence-electron chi connectivity index (χ4n) is 2.68. The number of amides is 1. The number of carbonyl (C=O) groups excluding carboxylic acids is 1. The predicted octanol–water partition coefficient (Wildman–Crippen LogP) is 1.33. The average molecular weight is 337 g/mol. The van der Waals surface area contributed by atoms with Crippen LogP contribution >= 0.6 is 0 Å². The molecule has 1 amide bonds. The molecule has 0 atom stereocenters. The van der Waals surface area contributed by atoms with Gasteiger partial charge in [-0.15, -0.1) is 0 Å². The highest BCUT2D eigenvalue weighted by molar-refractivity contribution is 6.00. The Bertz CT molecular complexity index is 960. The Morgan fingerprint density at radius 3 is 2.60 bits per heavy atom. The molecule has 1 aromatic heterocycles. The van der Waals surface area contributed by atoms with Gasteiger partial charge in [-0.05, 0) is 23.6 Å². The Kier molecular flexibility index (Phi) is 4.95. The third-order valence-corrected chi connectivity index (χ3v) is 4.02. The van der Waals surface area contributed by atoms with Gasteiger partial charge in [-0.3, -0.25) is 4.79 Å². The smallest absolute Gasteiger partial charge is 0.344 e. The second kappa shape index (κ2) is 7.32. The summed E-state index contributed by atoms with van der Waals surface area (Å²) in [5, 5.41) is 4.23. The van der Waals surface area contributed by atoms with Crippen LogP contribution in [0.4, 0.5) is 0 Å². The Morgan fingerprint density at radius 1 is 1.08 bits per heavy atom. The van der Waals surface area contributed by atoms with E-state index in [4.69, 9.17) is 4.42 Å². The van der Waals surface area contributed by atoms with E-state index in [0.717, 1.165) is 11.9 Å². The number of benzene rings is 2. The second-order valence-corrected chi connectivity index (χ2v) is 6.24. The third-order valence-electron chi connectivity index (χ3n) is 4.02. The van der Waals surface area contributed by atoms with Crippen LogP contribution in [0.3, 0.4) is 0 Å². The van der Waals surface area contributed by atoms with E-state index in [1.807, 2.05) is 32.3 Å². The average Bonchev–Trinajstić information content (AvgIpc) is 2.61. The summed E-state index contributed by atoms with van der Waals surface area (Å²) in [6, 6.07) is 16.2. The predicted molar refractivity (Wildman–Crippen MR) is 97.9 cm³/mol. The molecule has 0 unspecified atom stereocenters. The van der Waals surface area contributed by atoms with Gasteiger partial charge in [0.05, 0.1) is 38.1 Å². The molecule has 0 bridgehead atoms. The first-order valence-electron chi connectivity index (χ1n) is 8.26. The summed E-state index contributed by atoms with van der Waals surface area (Å²) < 4.78 is 5.47. The van der Waals surface area contributed by atoms with Crippen LogP contribution in [0.25, 0.3) is 22.1 Å². The van der Waals surface area contributed by atoms with E-state index in [9.17, 15) is 9.59 Å². The molecule has 0 saturated heterocycles. The molecule has 0 radical (unpaired) electrons. The molecular weight excluding hydrogens is 316 g/mol. The van der Waals surface area contributed by atoms with Crippen molar-refractivity contribution in [2.75, 3.05) is 27.2 Å². The molecule has 3 aromatic rings. The van der Waals surface area contributed by atoms with Crippen LogP contribution < -0.4 is 15.8 Å². The standard InChI is InChI=1S/C20H20N2O3/c1-22(2)12-11-21-19(23)17-10-6-5-9-16(17)18-13-14-7-3-4-8-15(14)20(24)25-18/h3-10,13H,11-12H2,1-2H3,(H,21,23)/p+1. The van der Waals surface area contributed by atoms with Gasteiger partial charge >= 0.3 is 5.63 Å². The van der Waals surface area contributed by atoms with Gasteiger partial charge in [-0.25, -0.2) is 4.79 Å². The Morgan fingerprint density at radius 2 is 1.80 bits per heavy atom. The molecule has 3 rings (SSSR count). The largest absolute Gasteiger partial charge is 0.422 e. The molecule has 0 saturated carbocycles. The van der Waals surface area contributed by atoms with Crippen LogP contribution in [0.1, 0.15) is 10.4 Å². The molecule has 0 aliphatic rings. The first-order valence-corrected chi connectivity index (χ1v) is 8.26. The summed E-state index contributed by atoms with van der Waals surface area (Å²) >= 11 is 0. The SMILES string of the molecule is C[NH+](C)CCNC(=O)c1ccccc1-c1cc2ccccc2c(=O)o1. The van der Waals surface area contributed by atoms with Crippen molar-refractivity contribution in [1.29, 1.82) is 0 Å². The lowest BCUT2D eigenvalue weighted by molar-refractivity contribution is -0.856. The van der Waals surface area contributed by atoms with Crippen molar-refractivity contribution in [1.82, 2.24) is 5.32 Å². The lowest BCUT2D eigenvalue weighted by atomic mass is 10.0. The molecule has 0 fully saturated rings. The van der Waals surface area contributed by atoms with Gasteiger partial charge in [0.15, 0.2) is 0 Å². The quantitative estimate of drug-likeness (QED) is 0.738. The summed E-state index contributed by atoms with van der Waals surface area (Å²) in [5.74, 6) is 0.223. The van der Waals surface area contributed by atoms with Crippen LogP contribution in [0.5, 0.6) is 0 Å². The number of quaternary nitrogens is 1. The van der Waals surface area contributed by atoms with E-state index in [1.165, 1.54) is 4.90 Å². The molecule has 0 spiro atoms. The number of hydrogen-bond acceptors (Lipinski definition) is 3. The first-order chi connectivity index (χ1) is 12.1. The minimum atomic E-state index is -0.403. The van der Waals surface area contributed by atoms with Crippen molar-refractivity contribution in [2.45, 2.75) is 0 Å². The third kappa shape index (κ3) is 3.78. The van der Waals surface area contributed by atoms with Gasteiger partial charge in [-0.1, -0.05) is 36.4 Å². The minimum Gasteiger partial charge on any atom is -0.422 e. The van der Waals surface area contributed by atoms with E-state index in [2.05, 4.69) is 5.32 Å². The summed E-state index contributed by atoms with van der Waals surface area (Å²) in [6.07, 6.45) is 0. The Labute approximate surface area is 145 Å². The van der Waals surface area contributed by atoms with Crippen molar-refractivity contribution in [3.63, 3.8) is 0 Å². The molecule has 25 heavy (non-hydrogen) atoms. The van der Waals surface area contributed by atoms with Crippen LogP contribution in [0.2, 0.25) is 0 Å².